The summed E-state index contributed by atoms with van der Waals surface area (Å²) >= 11 is 0. The first-order valence-corrected chi connectivity index (χ1v) is 9.63. The maximum atomic E-state index is 12.6. The molecule has 0 aliphatic carbocycles. The van der Waals surface area contributed by atoms with Crippen LogP contribution < -0.4 is 0 Å². The third-order valence-electron chi connectivity index (χ3n) is 5.13. The molecule has 0 aromatic carbocycles. The Morgan fingerprint density at radius 2 is 1.72 bits per heavy atom. The van der Waals surface area contributed by atoms with Crippen molar-refractivity contribution < 1.29 is 14.3 Å². The fourth-order valence-electron chi connectivity index (χ4n) is 3.54. The molecule has 0 spiro atoms. The molecule has 0 bridgehead atoms. The van der Waals surface area contributed by atoms with Gasteiger partial charge in [-0.15, -0.1) is 0 Å². The number of ether oxygens (including phenoxy) is 1. The summed E-state index contributed by atoms with van der Waals surface area (Å²) in [5.74, 6) is 2.22. The number of amides is 1. The molecule has 4 rings (SSSR count). The topological polar surface area (TPSA) is 96.7 Å². The zero-order chi connectivity index (χ0) is 20.1. The van der Waals surface area contributed by atoms with Gasteiger partial charge in [0.1, 0.15) is 6.33 Å². The van der Waals surface area contributed by atoms with Gasteiger partial charge in [0.2, 0.25) is 5.82 Å². The van der Waals surface area contributed by atoms with Gasteiger partial charge in [0.05, 0.1) is 25.0 Å². The molecule has 0 saturated carbocycles. The van der Waals surface area contributed by atoms with Gasteiger partial charge in [-0.3, -0.25) is 9.69 Å². The first-order chi connectivity index (χ1) is 14.2. The standard InChI is InChI=1S/C19H23N7O3/c27-14-18(24-3-1-23(2-4-24)12-16-9-20-15-21-10-16)26-13-17(11-22-26)19(28)25-5-7-29-8-6-25/h9-11,13,15H,1-8,12H2. The molecule has 0 atom stereocenters. The third-order valence-corrected chi connectivity index (χ3v) is 5.13. The lowest BCUT2D eigenvalue weighted by Crippen LogP contribution is -2.46. The number of hydrogen-bond donors (Lipinski definition) is 0. The number of piperazine rings is 1. The number of carbonyl (C=O) groups excluding carboxylic acids is 2. The SMILES string of the molecule is O=C=C(N1CCN(Cc2cncnc2)CC1)n1cc(C(=O)N2CCOCC2)cn1. The molecule has 10 nitrogen and oxygen atoms in total. The van der Waals surface area contributed by atoms with Crippen LogP contribution in [0, 0.1) is 0 Å². The molecule has 152 valence electrons. The van der Waals surface area contributed by atoms with Crippen molar-refractivity contribution in [3.05, 3.63) is 42.2 Å². The molecule has 2 aromatic rings. The van der Waals surface area contributed by atoms with Gasteiger partial charge in [0.25, 0.3) is 5.91 Å². The molecule has 2 aromatic heterocycles. The quantitative estimate of drug-likeness (QED) is 0.629. The Balaban J connectivity index is 1.37. The number of nitrogens with zero attached hydrogens (tertiary/aromatic N) is 7. The molecular weight excluding hydrogens is 374 g/mol. The molecule has 2 aliphatic rings. The Labute approximate surface area is 168 Å². The van der Waals surface area contributed by atoms with Crippen LogP contribution in [0.1, 0.15) is 15.9 Å². The van der Waals surface area contributed by atoms with Gasteiger partial charge in [-0.25, -0.2) is 19.4 Å². The van der Waals surface area contributed by atoms with Gasteiger partial charge in [-0.2, -0.15) is 5.10 Å². The number of rotatable bonds is 5. The maximum Gasteiger partial charge on any atom is 0.257 e. The summed E-state index contributed by atoms with van der Waals surface area (Å²) in [5.41, 5.74) is 1.52. The van der Waals surface area contributed by atoms with Crippen molar-refractivity contribution in [2.45, 2.75) is 6.54 Å². The second-order valence-corrected chi connectivity index (χ2v) is 7.01. The normalized spacial score (nSPS) is 17.8. The summed E-state index contributed by atoms with van der Waals surface area (Å²) in [5, 5.41) is 4.23. The lowest BCUT2D eigenvalue weighted by molar-refractivity contribution is 0.0303. The van der Waals surface area contributed by atoms with E-state index < -0.39 is 0 Å². The predicted molar refractivity (Wildman–Crippen MR) is 103 cm³/mol. The Kier molecular flexibility index (Phi) is 5.95. The molecule has 10 heteroatoms. The zero-order valence-corrected chi connectivity index (χ0v) is 16.1. The highest BCUT2D eigenvalue weighted by molar-refractivity contribution is 5.94. The van der Waals surface area contributed by atoms with Crippen LogP contribution in [0.3, 0.4) is 0 Å². The van der Waals surface area contributed by atoms with Gasteiger partial charge < -0.3 is 14.5 Å². The molecule has 1 amide bonds. The monoisotopic (exact) mass is 397 g/mol. The average Bonchev–Trinajstić information content (AvgIpc) is 3.26. The Hall–Kier alpha value is -3.07. The minimum Gasteiger partial charge on any atom is -0.378 e. The van der Waals surface area contributed by atoms with E-state index in [1.807, 2.05) is 23.2 Å². The Morgan fingerprint density at radius 3 is 2.41 bits per heavy atom. The first kappa shape index (κ1) is 19.3. The molecule has 29 heavy (non-hydrogen) atoms. The molecule has 0 unspecified atom stereocenters. The summed E-state index contributed by atoms with van der Waals surface area (Å²) in [4.78, 5) is 38.3. The van der Waals surface area contributed by atoms with Crippen LogP contribution in [-0.2, 0) is 16.1 Å². The summed E-state index contributed by atoms with van der Waals surface area (Å²) in [6.07, 6.45) is 8.25. The number of aromatic nitrogens is 4. The second kappa shape index (κ2) is 8.95. The molecule has 2 aliphatic heterocycles. The fourth-order valence-corrected chi connectivity index (χ4v) is 3.54. The van der Waals surface area contributed by atoms with Gasteiger partial charge in [0, 0.05) is 70.0 Å². The highest BCUT2D eigenvalue weighted by atomic mass is 16.5. The molecule has 4 heterocycles. The summed E-state index contributed by atoms with van der Waals surface area (Å²) in [7, 11) is 0. The molecule has 0 N–H and O–H groups in total. The van der Waals surface area contributed by atoms with Crippen LogP contribution in [0.2, 0.25) is 0 Å². The van der Waals surface area contributed by atoms with Crippen LogP contribution in [-0.4, -0.2) is 98.8 Å². The van der Waals surface area contributed by atoms with Gasteiger partial charge >= 0.3 is 0 Å². The van der Waals surface area contributed by atoms with Gasteiger partial charge in [-0.05, 0) is 0 Å². The third kappa shape index (κ3) is 4.51. The fraction of sp³-hybridized carbons (Fsp3) is 0.474. The maximum absolute atomic E-state index is 12.6. The van der Waals surface area contributed by atoms with Crippen LogP contribution in [0.25, 0.3) is 5.82 Å². The second-order valence-electron chi connectivity index (χ2n) is 7.01. The first-order valence-electron chi connectivity index (χ1n) is 9.63. The zero-order valence-electron chi connectivity index (χ0n) is 16.1. The van der Waals surface area contributed by atoms with Crippen molar-refractivity contribution in [3.8, 4) is 0 Å². The van der Waals surface area contributed by atoms with E-state index in [9.17, 15) is 9.59 Å². The van der Waals surface area contributed by atoms with E-state index >= 15 is 0 Å². The van der Waals surface area contributed by atoms with Crippen molar-refractivity contribution in [2.75, 3.05) is 52.5 Å². The van der Waals surface area contributed by atoms with E-state index in [1.54, 1.807) is 11.1 Å². The van der Waals surface area contributed by atoms with Gasteiger partial charge in [0.15, 0.2) is 5.94 Å². The van der Waals surface area contributed by atoms with Crippen molar-refractivity contribution in [1.29, 1.82) is 0 Å². The smallest absolute Gasteiger partial charge is 0.257 e. The lowest BCUT2D eigenvalue weighted by Gasteiger charge is -2.35. The Bertz CT molecular complexity index is 880. The largest absolute Gasteiger partial charge is 0.378 e. The van der Waals surface area contributed by atoms with E-state index in [2.05, 4.69) is 20.0 Å². The van der Waals surface area contributed by atoms with E-state index in [-0.39, 0.29) is 5.91 Å². The number of morpholine rings is 1. The van der Waals surface area contributed by atoms with E-state index in [4.69, 9.17) is 4.74 Å². The van der Waals surface area contributed by atoms with Crippen LogP contribution in [0.15, 0.2) is 31.1 Å². The molecular formula is C19H23N7O3. The minimum atomic E-state index is -0.0975. The Morgan fingerprint density at radius 1 is 1.00 bits per heavy atom. The van der Waals surface area contributed by atoms with Crippen LogP contribution >= 0.6 is 0 Å². The van der Waals surface area contributed by atoms with E-state index in [1.165, 1.54) is 17.2 Å². The summed E-state index contributed by atoms with van der Waals surface area (Å²) < 4.78 is 6.73. The minimum absolute atomic E-state index is 0.0975. The lowest BCUT2D eigenvalue weighted by atomic mass is 10.2. The average molecular weight is 397 g/mol. The van der Waals surface area contributed by atoms with Crippen LogP contribution in [0.4, 0.5) is 0 Å². The van der Waals surface area contributed by atoms with Crippen molar-refractivity contribution >= 4 is 17.7 Å². The van der Waals surface area contributed by atoms with Crippen LogP contribution in [0.5, 0.6) is 0 Å². The number of carbonyl (C=O) groups is 1. The number of hydrogen-bond acceptors (Lipinski definition) is 8. The molecule has 2 saturated heterocycles. The highest BCUT2D eigenvalue weighted by Crippen LogP contribution is 2.15. The van der Waals surface area contributed by atoms with Crippen molar-refractivity contribution in [2.24, 2.45) is 0 Å². The van der Waals surface area contributed by atoms with E-state index in [0.717, 1.165) is 25.2 Å². The summed E-state index contributed by atoms with van der Waals surface area (Å²) in [6.45, 7) is 5.91. The van der Waals surface area contributed by atoms with E-state index in [0.29, 0.717) is 50.8 Å². The van der Waals surface area contributed by atoms with Crippen molar-refractivity contribution in [3.63, 3.8) is 0 Å². The molecule has 0 radical (unpaired) electrons. The highest BCUT2D eigenvalue weighted by Gasteiger charge is 2.24. The van der Waals surface area contributed by atoms with Crippen molar-refractivity contribution in [1.82, 2.24) is 34.4 Å². The molecule has 2 fully saturated rings. The predicted octanol–water partition coefficient (Wildman–Crippen LogP) is -0.407. The van der Waals surface area contributed by atoms with Gasteiger partial charge in [-0.1, -0.05) is 0 Å². The summed E-state index contributed by atoms with van der Waals surface area (Å²) in [6, 6.07) is 0.